The van der Waals surface area contributed by atoms with Gasteiger partial charge in [-0.3, -0.25) is 4.79 Å². The molecule has 0 spiro atoms. The number of hydrogen-bond donors (Lipinski definition) is 0. The number of fused-ring (bicyclic) bond motifs is 5. The molecule has 1 aromatic carbocycles. The van der Waals surface area contributed by atoms with E-state index in [0.717, 1.165) is 37.0 Å². The minimum atomic E-state index is -1.15. The Kier molecular flexibility index (Phi) is 4.87. The maximum absolute atomic E-state index is 12.7. The maximum atomic E-state index is 12.7. The molecule has 2 fully saturated rings. The molecule has 0 N–H and O–H groups in total. The molecule has 2 saturated carbocycles. The summed E-state index contributed by atoms with van der Waals surface area (Å²) >= 11 is 0. The number of benzene rings is 1. The predicted molar refractivity (Wildman–Crippen MR) is 121 cm³/mol. The SMILES string of the molecule is C[C@]12CCC(=O)C=C1CC[C@@H]1C2=CC[C@]2(C)C(=C=C[S@](=O)c3ccccc3)CC[C@@H]12. The summed E-state index contributed by atoms with van der Waals surface area (Å²) in [5, 5.41) is 1.77. The molecule has 4 aliphatic carbocycles. The van der Waals surface area contributed by atoms with Crippen LogP contribution in [-0.4, -0.2) is 9.99 Å². The lowest BCUT2D eigenvalue weighted by atomic mass is 9.52. The lowest BCUT2D eigenvalue weighted by Crippen LogP contribution is -2.43. The van der Waals surface area contributed by atoms with E-state index in [0.29, 0.717) is 24.0 Å². The summed E-state index contributed by atoms with van der Waals surface area (Å²) in [6, 6.07) is 9.64. The van der Waals surface area contributed by atoms with Crippen molar-refractivity contribution in [1.82, 2.24) is 0 Å². The highest BCUT2D eigenvalue weighted by Gasteiger charge is 2.54. The molecule has 0 aliphatic heterocycles. The van der Waals surface area contributed by atoms with Crippen molar-refractivity contribution in [2.75, 3.05) is 0 Å². The van der Waals surface area contributed by atoms with Gasteiger partial charge in [-0.15, -0.1) is 5.73 Å². The first-order valence-electron chi connectivity index (χ1n) is 11.3. The van der Waals surface area contributed by atoms with Crippen LogP contribution in [0.4, 0.5) is 0 Å². The number of ketones is 1. The number of rotatable bonds is 2. The third kappa shape index (κ3) is 3.06. The van der Waals surface area contributed by atoms with Gasteiger partial charge in [0.2, 0.25) is 0 Å². The second-order valence-electron chi connectivity index (χ2n) is 9.89. The molecule has 4 aliphatic rings. The predicted octanol–water partition coefficient (Wildman–Crippen LogP) is 6.29. The van der Waals surface area contributed by atoms with Gasteiger partial charge >= 0.3 is 0 Å². The van der Waals surface area contributed by atoms with Crippen molar-refractivity contribution in [2.24, 2.45) is 22.7 Å². The normalized spacial score (nSPS) is 35.9. The van der Waals surface area contributed by atoms with E-state index >= 15 is 0 Å². The third-order valence-corrected chi connectivity index (χ3v) is 9.51. The molecule has 30 heavy (non-hydrogen) atoms. The molecule has 0 heterocycles. The average Bonchev–Trinajstić information content (AvgIpc) is 3.09. The van der Waals surface area contributed by atoms with E-state index in [9.17, 15) is 9.00 Å². The fourth-order valence-electron chi connectivity index (χ4n) is 6.66. The van der Waals surface area contributed by atoms with Crippen molar-refractivity contribution in [3.63, 3.8) is 0 Å². The summed E-state index contributed by atoms with van der Waals surface area (Å²) in [7, 11) is -1.15. The molecular weight excluding hydrogens is 388 g/mol. The lowest BCUT2D eigenvalue weighted by Gasteiger charge is -2.52. The van der Waals surface area contributed by atoms with Crippen LogP contribution in [0, 0.1) is 22.7 Å². The maximum Gasteiger partial charge on any atom is 0.155 e. The smallest absolute Gasteiger partial charge is 0.155 e. The molecule has 0 amide bonds. The van der Waals surface area contributed by atoms with Gasteiger partial charge in [0.05, 0.1) is 10.8 Å². The average molecular weight is 419 g/mol. The molecule has 0 unspecified atom stereocenters. The van der Waals surface area contributed by atoms with Crippen molar-refractivity contribution < 1.29 is 9.00 Å². The molecular formula is C27H30O2S. The van der Waals surface area contributed by atoms with Crippen LogP contribution in [0.3, 0.4) is 0 Å². The summed E-state index contributed by atoms with van der Waals surface area (Å²) < 4.78 is 12.7. The number of carbonyl (C=O) groups is 1. The Morgan fingerprint density at radius 1 is 1.10 bits per heavy atom. The van der Waals surface area contributed by atoms with Crippen LogP contribution in [0.25, 0.3) is 0 Å². The van der Waals surface area contributed by atoms with Crippen LogP contribution < -0.4 is 0 Å². The fraction of sp³-hybridized carbons (Fsp3) is 0.481. The Morgan fingerprint density at radius 3 is 2.70 bits per heavy atom. The van der Waals surface area contributed by atoms with Gasteiger partial charge in [-0.25, -0.2) is 4.21 Å². The topological polar surface area (TPSA) is 34.1 Å². The van der Waals surface area contributed by atoms with Crippen LogP contribution in [0.5, 0.6) is 0 Å². The molecule has 156 valence electrons. The highest BCUT2D eigenvalue weighted by molar-refractivity contribution is 7.88. The molecule has 1 aromatic rings. The van der Waals surface area contributed by atoms with Gasteiger partial charge in [0, 0.05) is 27.6 Å². The van der Waals surface area contributed by atoms with Crippen LogP contribution in [0.15, 0.2) is 75.2 Å². The molecule has 0 bridgehead atoms. The van der Waals surface area contributed by atoms with Gasteiger partial charge in [-0.05, 0) is 74.1 Å². The fourth-order valence-corrected chi connectivity index (χ4v) is 7.47. The van der Waals surface area contributed by atoms with Crippen molar-refractivity contribution in [2.45, 2.75) is 63.7 Å². The van der Waals surface area contributed by atoms with E-state index in [2.05, 4.69) is 25.7 Å². The molecule has 5 atom stereocenters. The van der Waals surface area contributed by atoms with Crippen molar-refractivity contribution in [3.8, 4) is 0 Å². The van der Waals surface area contributed by atoms with E-state index in [1.165, 1.54) is 17.6 Å². The molecule has 5 rings (SSSR count). The van der Waals surface area contributed by atoms with Gasteiger partial charge in [-0.2, -0.15) is 0 Å². The van der Waals surface area contributed by atoms with Gasteiger partial charge in [-0.1, -0.05) is 49.3 Å². The summed E-state index contributed by atoms with van der Waals surface area (Å²) in [6.45, 7) is 4.78. The molecule has 0 aromatic heterocycles. The number of hydrogen-bond acceptors (Lipinski definition) is 2. The second-order valence-corrected chi connectivity index (χ2v) is 11.2. The molecule has 2 nitrogen and oxygen atoms in total. The number of allylic oxidation sites excluding steroid dienone is 5. The summed E-state index contributed by atoms with van der Waals surface area (Å²) in [6.07, 6.45) is 11.6. The van der Waals surface area contributed by atoms with Crippen LogP contribution >= 0.6 is 0 Å². The molecule has 0 radical (unpaired) electrons. The van der Waals surface area contributed by atoms with E-state index in [4.69, 9.17) is 0 Å². The van der Waals surface area contributed by atoms with E-state index < -0.39 is 10.8 Å². The first-order chi connectivity index (χ1) is 14.4. The highest BCUT2D eigenvalue weighted by atomic mass is 32.2. The lowest BCUT2D eigenvalue weighted by molar-refractivity contribution is -0.115. The first-order valence-corrected chi connectivity index (χ1v) is 12.5. The first kappa shape index (κ1) is 20.0. The summed E-state index contributed by atoms with van der Waals surface area (Å²) in [5.41, 5.74) is 8.03. The Hall–Kier alpha value is -1.96. The summed E-state index contributed by atoms with van der Waals surface area (Å²) in [5.74, 6) is 1.55. The Morgan fingerprint density at radius 2 is 1.90 bits per heavy atom. The van der Waals surface area contributed by atoms with Crippen LogP contribution in [0.2, 0.25) is 0 Å². The molecule has 3 heteroatoms. The van der Waals surface area contributed by atoms with Crippen LogP contribution in [0.1, 0.15) is 58.8 Å². The minimum Gasteiger partial charge on any atom is -0.295 e. The van der Waals surface area contributed by atoms with Crippen molar-refractivity contribution >= 4 is 16.6 Å². The second kappa shape index (κ2) is 7.32. The van der Waals surface area contributed by atoms with Crippen molar-refractivity contribution in [1.29, 1.82) is 0 Å². The Balaban J connectivity index is 1.47. The Bertz CT molecular complexity index is 1040. The van der Waals surface area contributed by atoms with E-state index in [-0.39, 0.29) is 10.8 Å². The van der Waals surface area contributed by atoms with Gasteiger partial charge in [0.15, 0.2) is 5.78 Å². The summed E-state index contributed by atoms with van der Waals surface area (Å²) in [4.78, 5) is 12.8. The minimum absolute atomic E-state index is 0.0925. The van der Waals surface area contributed by atoms with Gasteiger partial charge in [0.1, 0.15) is 0 Å². The van der Waals surface area contributed by atoms with E-state index in [1.54, 1.807) is 11.0 Å². The van der Waals surface area contributed by atoms with Crippen LogP contribution in [-0.2, 0) is 15.6 Å². The zero-order valence-electron chi connectivity index (χ0n) is 17.9. The van der Waals surface area contributed by atoms with Crippen molar-refractivity contribution in [3.05, 3.63) is 70.3 Å². The Labute approximate surface area is 182 Å². The highest BCUT2D eigenvalue weighted by Crippen LogP contribution is 2.64. The van der Waals surface area contributed by atoms with Gasteiger partial charge < -0.3 is 0 Å². The standard InChI is InChI=1S/C27H30O2S/c1-26-16-13-25-23(10-8-20-18-21(28)12-15-27(20,25)2)24(26)11-9-19(26)14-17-30(29)22-6-4-3-5-7-22/h3-7,13,17-18,23-24H,8-12,15-16H2,1-2H3/t14?,23-,24-,26+,27-,30-/m0/s1. The quantitative estimate of drug-likeness (QED) is 0.418. The zero-order chi connectivity index (χ0) is 20.9. The van der Waals surface area contributed by atoms with Gasteiger partial charge in [0.25, 0.3) is 0 Å². The zero-order valence-corrected chi connectivity index (χ0v) is 18.8. The largest absolute Gasteiger partial charge is 0.295 e. The molecule has 0 saturated heterocycles. The number of carbonyl (C=O) groups excluding carboxylic acids is 1. The monoisotopic (exact) mass is 418 g/mol. The third-order valence-electron chi connectivity index (χ3n) is 8.44. The van der Waals surface area contributed by atoms with E-state index in [1.807, 2.05) is 36.4 Å².